The maximum Gasteiger partial charge on any atom is 0.0954 e. The van der Waals surface area contributed by atoms with Gasteiger partial charge in [-0.25, -0.2) is 4.98 Å². The molecule has 2 aromatic rings. The number of aromatic nitrogens is 1. The van der Waals surface area contributed by atoms with E-state index in [2.05, 4.69) is 43.4 Å². The minimum atomic E-state index is 0.607. The van der Waals surface area contributed by atoms with Crippen LogP contribution in [0.4, 0.5) is 0 Å². The molecule has 0 radical (unpaired) electrons. The van der Waals surface area contributed by atoms with Crippen molar-refractivity contribution in [3.05, 3.63) is 29.3 Å². The Hall–Kier alpha value is -0.930. The third kappa shape index (κ3) is 3.64. The number of hydrogen-bond donors (Lipinski definition) is 1. The second-order valence-corrected chi connectivity index (χ2v) is 7.63. The van der Waals surface area contributed by atoms with Crippen LogP contribution in [0.5, 0.6) is 0 Å². The summed E-state index contributed by atoms with van der Waals surface area (Å²) >= 11 is 1.87. The second kappa shape index (κ2) is 6.89. The monoisotopic (exact) mass is 302 g/mol. The van der Waals surface area contributed by atoms with Crippen LogP contribution in [0, 0.1) is 11.8 Å². The highest BCUT2D eigenvalue weighted by Gasteiger charge is 2.29. The van der Waals surface area contributed by atoms with Crippen molar-refractivity contribution in [2.24, 2.45) is 11.8 Å². The highest BCUT2D eigenvalue weighted by molar-refractivity contribution is 7.18. The minimum Gasteiger partial charge on any atom is -0.313 e. The van der Waals surface area contributed by atoms with Gasteiger partial charge in [0.05, 0.1) is 15.2 Å². The molecule has 1 aliphatic carbocycles. The average Bonchev–Trinajstić information content (AvgIpc) is 3.08. The van der Waals surface area contributed by atoms with Gasteiger partial charge in [0.25, 0.3) is 0 Å². The van der Waals surface area contributed by atoms with E-state index in [9.17, 15) is 0 Å². The van der Waals surface area contributed by atoms with Gasteiger partial charge in [0.1, 0.15) is 0 Å². The van der Waals surface area contributed by atoms with Gasteiger partial charge in [-0.1, -0.05) is 32.4 Å². The van der Waals surface area contributed by atoms with Crippen molar-refractivity contribution in [3.8, 4) is 0 Å². The summed E-state index contributed by atoms with van der Waals surface area (Å²) in [7, 11) is 0. The van der Waals surface area contributed by atoms with E-state index in [0.717, 1.165) is 30.3 Å². The van der Waals surface area contributed by atoms with Crippen LogP contribution in [-0.4, -0.2) is 17.6 Å². The minimum absolute atomic E-state index is 0.607. The molecule has 1 N–H and O–H groups in total. The third-order valence-electron chi connectivity index (χ3n) is 4.69. The molecular formula is C18H26N2S. The number of para-hydroxylation sites is 1. The molecule has 1 aromatic carbocycles. The Morgan fingerprint density at radius 2 is 2.19 bits per heavy atom. The molecule has 1 fully saturated rings. The molecule has 0 aliphatic heterocycles. The van der Waals surface area contributed by atoms with E-state index < -0.39 is 0 Å². The van der Waals surface area contributed by atoms with E-state index in [0.29, 0.717) is 6.04 Å². The van der Waals surface area contributed by atoms with Gasteiger partial charge in [0.2, 0.25) is 0 Å². The Kier molecular flexibility index (Phi) is 4.91. The molecular weight excluding hydrogens is 276 g/mol. The number of hydrogen-bond acceptors (Lipinski definition) is 3. The number of fused-ring (bicyclic) bond motifs is 1. The molecule has 1 heterocycles. The summed E-state index contributed by atoms with van der Waals surface area (Å²) < 4.78 is 1.32. The lowest BCUT2D eigenvalue weighted by molar-refractivity contribution is 0.348. The van der Waals surface area contributed by atoms with E-state index >= 15 is 0 Å². The zero-order valence-electron chi connectivity index (χ0n) is 13.1. The predicted molar refractivity (Wildman–Crippen MR) is 91.9 cm³/mol. The number of thiazole rings is 1. The highest BCUT2D eigenvalue weighted by Crippen LogP contribution is 2.34. The summed E-state index contributed by atoms with van der Waals surface area (Å²) in [4.78, 5) is 4.83. The summed E-state index contributed by atoms with van der Waals surface area (Å²) in [5.41, 5.74) is 1.16. The van der Waals surface area contributed by atoms with Crippen molar-refractivity contribution in [1.82, 2.24) is 10.3 Å². The van der Waals surface area contributed by atoms with Crippen molar-refractivity contribution in [2.45, 2.75) is 52.0 Å². The molecule has 1 aliphatic rings. The summed E-state index contributed by atoms with van der Waals surface area (Å²) in [6, 6.07) is 9.10. The fourth-order valence-electron chi connectivity index (χ4n) is 3.55. The molecule has 3 unspecified atom stereocenters. The molecule has 0 amide bonds. The normalized spacial score (nSPS) is 23.7. The van der Waals surface area contributed by atoms with Crippen molar-refractivity contribution in [1.29, 1.82) is 0 Å². The van der Waals surface area contributed by atoms with Crippen LogP contribution < -0.4 is 5.32 Å². The van der Waals surface area contributed by atoms with Crippen LogP contribution in [0.3, 0.4) is 0 Å². The molecule has 2 nitrogen and oxygen atoms in total. The maximum absolute atomic E-state index is 4.83. The average molecular weight is 302 g/mol. The molecule has 0 saturated heterocycles. The van der Waals surface area contributed by atoms with Crippen LogP contribution in [0.2, 0.25) is 0 Å². The van der Waals surface area contributed by atoms with Gasteiger partial charge in [-0.05, 0) is 49.8 Å². The SMILES string of the molecule is CCCNC(Cc1nc2ccccc2s1)C1CCC(C)C1. The standard InChI is InChI=1S/C18H26N2S/c1-3-10-19-16(14-9-8-13(2)11-14)12-18-20-15-6-4-5-7-17(15)21-18/h4-7,13-14,16,19H,3,8-12H2,1-2H3. The lowest BCUT2D eigenvalue weighted by Gasteiger charge is -2.24. The van der Waals surface area contributed by atoms with E-state index in [1.165, 1.54) is 35.4 Å². The Balaban J connectivity index is 1.73. The largest absolute Gasteiger partial charge is 0.313 e. The van der Waals surface area contributed by atoms with Crippen molar-refractivity contribution in [3.63, 3.8) is 0 Å². The van der Waals surface area contributed by atoms with Gasteiger partial charge in [-0.3, -0.25) is 0 Å². The molecule has 21 heavy (non-hydrogen) atoms. The number of benzene rings is 1. The van der Waals surface area contributed by atoms with Gasteiger partial charge in [-0.15, -0.1) is 11.3 Å². The summed E-state index contributed by atoms with van der Waals surface area (Å²) in [5, 5.41) is 5.09. The Bertz CT molecular complexity index is 544. The smallest absolute Gasteiger partial charge is 0.0954 e. The highest BCUT2D eigenvalue weighted by atomic mass is 32.1. The summed E-state index contributed by atoms with van der Waals surface area (Å²) in [6.07, 6.45) is 6.46. The van der Waals surface area contributed by atoms with Gasteiger partial charge in [0.15, 0.2) is 0 Å². The zero-order valence-corrected chi connectivity index (χ0v) is 14.0. The zero-order chi connectivity index (χ0) is 14.7. The Morgan fingerprint density at radius 1 is 1.33 bits per heavy atom. The summed E-state index contributed by atoms with van der Waals surface area (Å²) in [5.74, 6) is 1.73. The second-order valence-electron chi connectivity index (χ2n) is 6.52. The van der Waals surface area contributed by atoms with E-state index in [-0.39, 0.29) is 0 Å². The van der Waals surface area contributed by atoms with Crippen LogP contribution >= 0.6 is 11.3 Å². The van der Waals surface area contributed by atoms with Crippen molar-refractivity contribution >= 4 is 21.6 Å². The Labute approximate surface area is 132 Å². The van der Waals surface area contributed by atoms with Crippen molar-refractivity contribution in [2.75, 3.05) is 6.54 Å². The van der Waals surface area contributed by atoms with Gasteiger partial charge in [-0.2, -0.15) is 0 Å². The van der Waals surface area contributed by atoms with Crippen LogP contribution in [-0.2, 0) is 6.42 Å². The van der Waals surface area contributed by atoms with Gasteiger partial charge >= 0.3 is 0 Å². The molecule has 1 aromatic heterocycles. The number of nitrogens with zero attached hydrogens (tertiary/aromatic N) is 1. The van der Waals surface area contributed by atoms with E-state index in [1.807, 2.05) is 11.3 Å². The molecule has 1 saturated carbocycles. The fraction of sp³-hybridized carbons (Fsp3) is 0.611. The quantitative estimate of drug-likeness (QED) is 0.840. The van der Waals surface area contributed by atoms with Gasteiger partial charge in [0, 0.05) is 12.5 Å². The van der Waals surface area contributed by atoms with Gasteiger partial charge < -0.3 is 5.32 Å². The van der Waals surface area contributed by atoms with Crippen molar-refractivity contribution < 1.29 is 0 Å². The van der Waals surface area contributed by atoms with Crippen LogP contribution in [0.15, 0.2) is 24.3 Å². The molecule has 3 heteroatoms. The first-order valence-electron chi connectivity index (χ1n) is 8.34. The first-order valence-corrected chi connectivity index (χ1v) is 9.15. The molecule has 3 atom stereocenters. The van der Waals surface area contributed by atoms with Crippen LogP contribution in [0.25, 0.3) is 10.2 Å². The molecule has 3 rings (SSSR count). The van der Waals surface area contributed by atoms with Crippen LogP contribution in [0.1, 0.15) is 44.5 Å². The fourth-order valence-corrected chi connectivity index (χ4v) is 4.57. The lowest BCUT2D eigenvalue weighted by Crippen LogP contribution is -2.37. The summed E-state index contributed by atoms with van der Waals surface area (Å²) in [6.45, 7) is 5.77. The third-order valence-corrected chi connectivity index (χ3v) is 5.75. The molecule has 0 spiro atoms. The van der Waals surface area contributed by atoms with E-state index in [1.54, 1.807) is 0 Å². The first-order chi connectivity index (χ1) is 10.3. The topological polar surface area (TPSA) is 24.9 Å². The maximum atomic E-state index is 4.83. The Morgan fingerprint density at radius 3 is 2.90 bits per heavy atom. The molecule has 114 valence electrons. The number of rotatable bonds is 6. The van der Waals surface area contributed by atoms with E-state index in [4.69, 9.17) is 4.98 Å². The molecule has 0 bridgehead atoms. The first kappa shape index (κ1) is 15.0. The number of nitrogens with one attached hydrogen (secondary N) is 1. The lowest BCUT2D eigenvalue weighted by atomic mass is 9.94. The predicted octanol–water partition coefficient (Wildman–Crippen LogP) is 4.64.